The molecule has 0 unspecified atom stereocenters. The molecule has 4 rings (SSSR count). The minimum atomic E-state index is -4.20. The highest BCUT2D eigenvalue weighted by atomic mass is 32.2. The van der Waals surface area contributed by atoms with Crippen LogP contribution in [0.2, 0.25) is 0 Å². The maximum absolute atomic E-state index is 13.4. The molecule has 7 heteroatoms. The molecule has 0 atom stereocenters. The minimum absolute atomic E-state index is 0.0150. The van der Waals surface area contributed by atoms with Crippen LogP contribution in [0.5, 0.6) is 0 Å². The Morgan fingerprint density at radius 1 is 0.767 bits per heavy atom. The number of carbonyl (C=O) groups is 2. The Bertz CT molecular complexity index is 1100. The van der Waals surface area contributed by atoms with E-state index in [4.69, 9.17) is 0 Å². The molecule has 6 nitrogen and oxygen atoms in total. The molecule has 0 saturated carbocycles. The number of likely N-dealkylation sites (tertiary alicyclic amines) is 1. The summed E-state index contributed by atoms with van der Waals surface area (Å²) in [6.07, 6.45) is 3.77. The van der Waals surface area contributed by atoms with E-state index in [9.17, 15) is 18.0 Å². The van der Waals surface area contributed by atoms with Gasteiger partial charge in [-0.2, -0.15) is 0 Å². The van der Waals surface area contributed by atoms with Crippen molar-refractivity contribution < 1.29 is 18.0 Å². The van der Waals surface area contributed by atoms with Crippen LogP contribution < -0.4 is 4.72 Å². The highest BCUT2D eigenvalue weighted by molar-refractivity contribution is 7.94. The fourth-order valence-corrected chi connectivity index (χ4v) is 5.35. The van der Waals surface area contributed by atoms with Crippen LogP contribution in [0.3, 0.4) is 0 Å². The lowest BCUT2D eigenvalue weighted by Crippen LogP contribution is -2.40. The van der Waals surface area contributed by atoms with Crippen LogP contribution in [0.4, 0.5) is 0 Å². The van der Waals surface area contributed by atoms with Crippen molar-refractivity contribution in [2.45, 2.75) is 32.2 Å². The average molecular weight is 425 g/mol. The molecular formula is C23H24N2O4S. The predicted molar refractivity (Wildman–Crippen MR) is 114 cm³/mol. The van der Waals surface area contributed by atoms with E-state index in [0.717, 1.165) is 31.2 Å². The fraction of sp³-hybridized carbons (Fsp3) is 0.304. The number of sulfonamides is 1. The molecular weight excluding hydrogens is 400 g/mol. The highest BCUT2D eigenvalue weighted by Crippen LogP contribution is 2.32. The number of benzene rings is 2. The van der Waals surface area contributed by atoms with E-state index < -0.39 is 26.5 Å². The first-order valence-electron chi connectivity index (χ1n) is 10.2. The molecule has 156 valence electrons. The standard InChI is InChI=1S/C23H24N2O4S/c26-21-18-12-6-7-13-19(18)22(27)23(20(21)25-14-8-1-2-9-15-25)30(28,29)24-16-17-10-4-3-5-11-17/h3-7,10-13,24H,1-2,8-9,14-16H2. The van der Waals surface area contributed by atoms with Gasteiger partial charge in [-0.3, -0.25) is 9.59 Å². The molecule has 1 aliphatic heterocycles. The number of Topliss-reactive ketones (excluding diaryl/α,β-unsaturated/α-hetero) is 2. The smallest absolute Gasteiger partial charge is 0.247 e. The summed E-state index contributed by atoms with van der Waals surface area (Å²) < 4.78 is 29.1. The van der Waals surface area contributed by atoms with Crippen molar-refractivity contribution in [1.29, 1.82) is 0 Å². The van der Waals surface area contributed by atoms with Crippen molar-refractivity contribution in [2.75, 3.05) is 13.1 Å². The van der Waals surface area contributed by atoms with Gasteiger partial charge in [-0.15, -0.1) is 0 Å². The second-order valence-electron chi connectivity index (χ2n) is 7.59. The molecule has 1 N–H and O–H groups in total. The van der Waals surface area contributed by atoms with Gasteiger partial charge < -0.3 is 4.90 Å². The van der Waals surface area contributed by atoms with E-state index in [2.05, 4.69) is 4.72 Å². The van der Waals surface area contributed by atoms with E-state index in [1.165, 1.54) is 6.07 Å². The zero-order chi connectivity index (χ0) is 21.1. The largest absolute Gasteiger partial charge is 0.367 e. The Morgan fingerprint density at radius 3 is 1.97 bits per heavy atom. The summed E-state index contributed by atoms with van der Waals surface area (Å²) in [6.45, 7) is 1.17. The van der Waals surface area contributed by atoms with E-state index in [-0.39, 0.29) is 23.4 Å². The Labute approximate surface area is 176 Å². The van der Waals surface area contributed by atoms with E-state index in [1.807, 2.05) is 18.2 Å². The Balaban J connectivity index is 1.79. The number of rotatable bonds is 5. The molecule has 30 heavy (non-hydrogen) atoms. The quantitative estimate of drug-likeness (QED) is 0.796. The molecule has 1 fully saturated rings. The third kappa shape index (κ3) is 3.95. The van der Waals surface area contributed by atoms with E-state index in [1.54, 1.807) is 35.2 Å². The first-order chi connectivity index (χ1) is 14.5. The molecule has 2 aromatic carbocycles. The highest BCUT2D eigenvalue weighted by Gasteiger charge is 2.41. The molecule has 1 heterocycles. The molecule has 1 saturated heterocycles. The lowest BCUT2D eigenvalue weighted by Gasteiger charge is -2.30. The number of ketones is 2. The van der Waals surface area contributed by atoms with Gasteiger partial charge in [0, 0.05) is 30.8 Å². The molecule has 2 aliphatic rings. The van der Waals surface area contributed by atoms with E-state index >= 15 is 0 Å². The number of nitrogens with one attached hydrogen (secondary N) is 1. The summed E-state index contributed by atoms with van der Waals surface area (Å²) >= 11 is 0. The first-order valence-corrected chi connectivity index (χ1v) is 11.7. The Kier molecular flexibility index (Phi) is 5.83. The topological polar surface area (TPSA) is 83.6 Å². The van der Waals surface area contributed by atoms with Gasteiger partial charge in [0.25, 0.3) is 0 Å². The molecule has 0 bridgehead atoms. The number of allylic oxidation sites excluding steroid dienone is 2. The maximum atomic E-state index is 13.4. The first kappa shape index (κ1) is 20.5. The molecule has 1 aliphatic carbocycles. The predicted octanol–water partition coefficient (Wildman–Crippen LogP) is 3.27. The van der Waals surface area contributed by atoms with Crippen molar-refractivity contribution in [2.24, 2.45) is 0 Å². The maximum Gasteiger partial charge on any atom is 0.247 e. The fourth-order valence-electron chi connectivity index (χ4n) is 4.02. The van der Waals surface area contributed by atoms with Crippen molar-refractivity contribution in [1.82, 2.24) is 9.62 Å². The SMILES string of the molecule is O=C1C(N2CCCCCC2)=C(S(=O)(=O)NCc2ccccc2)C(=O)c2ccccc21. The summed E-state index contributed by atoms with van der Waals surface area (Å²) in [5.41, 5.74) is 1.19. The molecule has 2 aromatic rings. The third-order valence-corrected chi connectivity index (χ3v) is 6.99. The Morgan fingerprint density at radius 2 is 1.33 bits per heavy atom. The number of hydrogen-bond donors (Lipinski definition) is 1. The summed E-state index contributed by atoms with van der Waals surface area (Å²) in [6, 6.07) is 15.5. The molecule has 0 spiro atoms. The minimum Gasteiger partial charge on any atom is -0.367 e. The van der Waals surface area contributed by atoms with Crippen LogP contribution in [0.25, 0.3) is 0 Å². The zero-order valence-electron chi connectivity index (χ0n) is 16.6. The number of nitrogens with zero attached hydrogens (tertiary/aromatic N) is 1. The summed E-state index contributed by atoms with van der Waals surface area (Å²) in [4.78, 5) is 28.0. The number of hydrogen-bond acceptors (Lipinski definition) is 5. The second-order valence-corrected chi connectivity index (χ2v) is 9.30. The van der Waals surface area contributed by atoms with Gasteiger partial charge in [0.2, 0.25) is 21.6 Å². The van der Waals surface area contributed by atoms with Crippen molar-refractivity contribution >= 4 is 21.6 Å². The zero-order valence-corrected chi connectivity index (χ0v) is 17.5. The molecule has 0 aromatic heterocycles. The van der Waals surface area contributed by atoms with Crippen molar-refractivity contribution in [3.05, 3.63) is 81.9 Å². The molecule has 0 amide bonds. The summed E-state index contributed by atoms with van der Waals surface area (Å²) in [5, 5.41) is 0. The summed E-state index contributed by atoms with van der Waals surface area (Å²) in [7, 11) is -4.20. The summed E-state index contributed by atoms with van der Waals surface area (Å²) in [5.74, 6) is -1.02. The van der Waals surface area contributed by atoms with Gasteiger partial charge >= 0.3 is 0 Å². The van der Waals surface area contributed by atoms with Crippen LogP contribution in [0.1, 0.15) is 52.0 Å². The van der Waals surface area contributed by atoms with Crippen LogP contribution in [0, 0.1) is 0 Å². The number of fused-ring (bicyclic) bond motifs is 1. The van der Waals surface area contributed by atoms with Crippen molar-refractivity contribution in [3.63, 3.8) is 0 Å². The van der Waals surface area contributed by atoms with Gasteiger partial charge in [0.1, 0.15) is 5.70 Å². The van der Waals surface area contributed by atoms with Gasteiger partial charge in [-0.05, 0) is 18.4 Å². The van der Waals surface area contributed by atoms with Crippen LogP contribution in [-0.2, 0) is 16.6 Å². The van der Waals surface area contributed by atoms with Gasteiger partial charge in [0.15, 0.2) is 4.91 Å². The third-order valence-electron chi connectivity index (χ3n) is 5.55. The molecule has 0 radical (unpaired) electrons. The van der Waals surface area contributed by atoms with Gasteiger partial charge in [0.05, 0.1) is 0 Å². The Hall–Kier alpha value is -2.77. The van der Waals surface area contributed by atoms with Crippen molar-refractivity contribution in [3.8, 4) is 0 Å². The lowest BCUT2D eigenvalue weighted by atomic mass is 9.91. The van der Waals surface area contributed by atoms with Crippen LogP contribution >= 0.6 is 0 Å². The van der Waals surface area contributed by atoms with Gasteiger partial charge in [-0.1, -0.05) is 67.4 Å². The average Bonchev–Trinajstić information content (AvgIpc) is 3.05. The number of carbonyl (C=O) groups excluding carboxylic acids is 2. The van der Waals surface area contributed by atoms with Crippen LogP contribution in [0.15, 0.2) is 65.2 Å². The monoisotopic (exact) mass is 424 g/mol. The second kappa shape index (κ2) is 8.53. The van der Waals surface area contributed by atoms with Crippen LogP contribution in [-0.4, -0.2) is 38.0 Å². The van der Waals surface area contributed by atoms with Gasteiger partial charge in [-0.25, -0.2) is 13.1 Å². The van der Waals surface area contributed by atoms with E-state index in [0.29, 0.717) is 13.1 Å². The normalized spacial score (nSPS) is 17.7. The lowest BCUT2D eigenvalue weighted by molar-refractivity contribution is 0.0947.